The molecular formula is C22H25F2N3O2. The Hall–Kier alpha value is -2.96. The van der Waals surface area contributed by atoms with Gasteiger partial charge >= 0.3 is 6.03 Å². The third-order valence-corrected chi connectivity index (χ3v) is 5.51. The van der Waals surface area contributed by atoms with Crippen LogP contribution in [0.1, 0.15) is 31.4 Å². The number of carbonyl (C=O) groups is 2. The summed E-state index contributed by atoms with van der Waals surface area (Å²) in [6.07, 6.45) is 1.13. The first-order valence-electron chi connectivity index (χ1n) is 9.69. The number of likely N-dealkylation sites (tertiary alicyclic amines) is 1. The maximum atomic E-state index is 13.5. The van der Waals surface area contributed by atoms with Crippen LogP contribution in [0, 0.1) is 17.6 Å². The average Bonchev–Trinajstić information content (AvgIpc) is 2.75. The van der Waals surface area contributed by atoms with Crippen molar-refractivity contribution in [2.45, 2.75) is 25.8 Å². The summed E-state index contributed by atoms with van der Waals surface area (Å²) in [7, 11) is 1.67. The molecule has 3 rings (SSSR count). The standard InChI is InChI=1S/C22H25F2N3O2/c1-15(17-8-9-19(23)20(24)14-17)26(2)21(28)16-10-12-27(13-11-16)22(29)25-18-6-4-3-5-7-18/h3-9,14-16H,10-13H2,1-2H3,(H,25,29)/t15-/m1/s1. The van der Waals surface area contributed by atoms with Gasteiger partial charge in [0.2, 0.25) is 5.91 Å². The van der Waals surface area contributed by atoms with E-state index in [4.69, 9.17) is 0 Å². The van der Waals surface area contributed by atoms with Gasteiger partial charge < -0.3 is 15.1 Å². The van der Waals surface area contributed by atoms with Crippen LogP contribution in [-0.2, 0) is 4.79 Å². The summed E-state index contributed by atoms with van der Waals surface area (Å²) in [6.45, 7) is 2.76. The number of rotatable bonds is 4. The highest BCUT2D eigenvalue weighted by atomic mass is 19.2. The van der Waals surface area contributed by atoms with Crippen molar-refractivity contribution in [3.63, 3.8) is 0 Å². The van der Waals surface area contributed by atoms with Gasteiger partial charge in [-0.15, -0.1) is 0 Å². The molecule has 154 valence electrons. The maximum absolute atomic E-state index is 13.5. The fourth-order valence-corrected chi connectivity index (χ4v) is 3.53. The molecule has 7 heteroatoms. The van der Waals surface area contributed by atoms with E-state index in [-0.39, 0.29) is 23.9 Å². The van der Waals surface area contributed by atoms with E-state index in [0.717, 1.165) is 17.8 Å². The highest BCUT2D eigenvalue weighted by Crippen LogP contribution is 2.26. The number of urea groups is 1. The summed E-state index contributed by atoms with van der Waals surface area (Å²) < 4.78 is 26.7. The number of hydrogen-bond donors (Lipinski definition) is 1. The Morgan fingerprint density at radius 1 is 1.07 bits per heavy atom. The number of nitrogens with zero attached hydrogens (tertiary/aromatic N) is 2. The van der Waals surface area contributed by atoms with E-state index in [1.54, 1.807) is 23.8 Å². The van der Waals surface area contributed by atoms with Crippen molar-refractivity contribution >= 4 is 17.6 Å². The maximum Gasteiger partial charge on any atom is 0.321 e. The number of hydrogen-bond acceptors (Lipinski definition) is 2. The number of anilines is 1. The van der Waals surface area contributed by atoms with Crippen LogP contribution in [0.15, 0.2) is 48.5 Å². The van der Waals surface area contributed by atoms with Crippen LogP contribution in [-0.4, -0.2) is 41.9 Å². The third kappa shape index (κ3) is 4.91. The van der Waals surface area contributed by atoms with Crippen LogP contribution >= 0.6 is 0 Å². The van der Waals surface area contributed by atoms with E-state index in [0.29, 0.717) is 31.5 Å². The quantitative estimate of drug-likeness (QED) is 0.824. The highest BCUT2D eigenvalue weighted by molar-refractivity contribution is 5.89. The number of para-hydroxylation sites is 1. The lowest BCUT2D eigenvalue weighted by Crippen LogP contribution is -2.45. The largest absolute Gasteiger partial charge is 0.339 e. The van der Waals surface area contributed by atoms with Gasteiger partial charge in [-0.1, -0.05) is 24.3 Å². The second-order valence-electron chi connectivity index (χ2n) is 7.36. The van der Waals surface area contributed by atoms with Gasteiger partial charge in [-0.25, -0.2) is 13.6 Å². The number of amides is 3. The Morgan fingerprint density at radius 2 is 1.72 bits per heavy atom. The Labute approximate surface area is 169 Å². The van der Waals surface area contributed by atoms with Gasteiger partial charge in [-0.05, 0) is 49.6 Å². The van der Waals surface area contributed by atoms with Crippen molar-refractivity contribution in [1.82, 2.24) is 9.80 Å². The minimum atomic E-state index is -0.923. The number of carbonyl (C=O) groups excluding carboxylic acids is 2. The van der Waals surface area contributed by atoms with Crippen LogP contribution in [0.2, 0.25) is 0 Å². The molecule has 0 aromatic heterocycles. The first-order chi connectivity index (χ1) is 13.9. The number of piperidine rings is 1. The lowest BCUT2D eigenvalue weighted by Gasteiger charge is -2.35. The molecule has 2 aromatic carbocycles. The molecule has 1 heterocycles. The lowest BCUT2D eigenvalue weighted by atomic mass is 9.94. The van der Waals surface area contributed by atoms with E-state index < -0.39 is 11.6 Å². The summed E-state index contributed by atoms with van der Waals surface area (Å²) >= 11 is 0. The summed E-state index contributed by atoms with van der Waals surface area (Å²) in [5.41, 5.74) is 1.27. The van der Waals surface area contributed by atoms with Crippen LogP contribution in [0.4, 0.5) is 19.3 Å². The first-order valence-corrected chi connectivity index (χ1v) is 9.69. The highest BCUT2D eigenvalue weighted by Gasteiger charge is 2.31. The van der Waals surface area contributed by atoms with Gasteiger partial charge in [-0.3, -0.25) is 4.79 Å². The monoisotopic (exact) mass is 401 g/mol. The Bertz CT molecular complexity index is 868. The van der Waals surface area contributed by atoms with Crippen molar-refractivity contribution < 1.29 is 18.4 Å². The summed E-state index contributed by atoms with van der Waals surface area (Å²) in [4.78, 5) is 28.5. The van der Waals surface area contributed by atoms with Gasteiger partial charge in [0.1, 0.15) is 0 Å². The van der Waals surface area contributed by atoms with Crippen molar-refractivity contribution in [3.05, 3.63) is 65.7 Å². The van der Waals surface area contributed by atoms with Crippen molar-refractivity contribution in [2.75, 3.05) is 25.5 Å². The zero-order valence-electron chi connectivity index (χ0n) is 16.6. The SMILES string of the molecule is C[C@H](c1ccc(F)c(F)c1)N(C)C(=O)C1CCN(C(=O)Nc2ccccc2)CC1. The van der Waals surface area contributed by atoms with Gasteiger partial charge in [-0.2, -0.15) is 0 Å². The van der Waals surface area contributed by atoms with Crippen molar-refractivity contribution in [3.8, 4) is 0 Å². The van der Waals surface area contributed by atoms with Crippen LogP contribution < -0.4 is 5.32 Å². The molecule has 1 atom stereocenters. The van der Waals surface area contributed by atoms with Crippen molar-refractivity contribution in [1.29, 1.82) is 0 Å². The second kappa shape index (κ2) is 9.03. The van der Waals surface area contributed by atoms with Crippen LogP contribution in [0.25, 0.3) is 0 Å². The molecule has 1 N–H and O–H groups in total. The zero-order chi connectivity index (χ0) is 21.0. The predicted molar refractivity (Wildman–Crippen MR) is 107 cm³/mol. The Balaban J connectivity index is 1.54. The Kier molecular flexibility index (Phi) is 6.46. The number of benzene rings is 2. The second-order valence-corrected chi connectivity index (χ2v) is 7.36. The van der Waals surface area contributed by atoms with Gasteiger partial charge in [0.15, 0.2) is 11.6 Å². The third-order valence-electron chi connectivity index (χ3n) is 5.51. The minimum absolute atomic E-state index is 0.0506. The van der Waals surface area contributed by atoms with Gasteiger partial charge in [0, 0.05) is 31.7 Å². The van der Waals surface area contributed by atoms with E-state index >= 15 is 0 Å². The lowest BCUT2D eigenvalue weighted by molar-refractivity contribution is -0.137. The first kappa shape index (κ1) is 20.8. The molecule has 0 saturated carbocycles. The smallest absolute Gasteiger partial charge is 0.321 e. The normalized spacial score (nSPS) is 15.7. The summed E-state index contributed by atoms with van der Waals surface area (Å²) in [5.74, 6) is -2.08. The molecule has 0 radical (unpaired) electrons. The molecule has 1 saturated heterocycles. The molecule has 0 unspecified atom stereocenters. The van der Waals surface area contributed by atoms with E-state index in [1.807, 2.05) is 30.3 Å². The van der Waals surface area contributed by atoms with Crippen molar-refractivity contribution in [2.24, 2.45) is 5.92 Å². The Morgan fingerprint density at radius 3 is 2.34 bits per heavy atom. The van der Waals surface area contributed by atoms with E-state index in [2.05, 4.69) is 5.32 Å². The summed E-state index contributed by atoms with van der Waals surface area (Å²) in [5, 5.41) is 2.85. The van der Waals surface area contributed by atoms with Crippen LogP contribution in [0.5, 0.6) is 0 Å². The number of nitrogens with one attached hydrogen (secondary N) is 1. The van der Waals surface area contributed by atoms with Gasteiger partial charge in [0.05, 0.1) is 6.04 Å². The molecule has 5 nitrogen and oxygen atoms in total. The van der Waals surface area contributed by atoms with E-state index in [9.17, 15) is 18.4 Å². The van der Waals surface area contributed by atoms with E-state index in [1.165, 1.54) is 6.07 Å². The molecule has 1 aliphatic heterocycles. The molecule has 2 aromatic rings. The molecule has 1 aliphatic rings. The van der Waals surface area contributed by atoms with Gasteiger partial charge in [0.25, 0.3) is 0 Å². The zero-order valence-corrected chi connectivity index (χ0v) is 16.6. The van der Waals surface area contributed by atoms with Crippen LogP contribution in [0.3, 0.4) is 0 Å². The summed E-state index contributed by atoms with van der Waals surface area (Å²) in [6, 6.07) is 12.4. The average molecular weight is 401 g/mol. The topological polar surface area (TPSA) is 52.7 Å². The molecule has 0 bridgehead atoms. The molecule has 1 fully saturated rings. The molecular weight excluding hydrogens is 376 g/mol. The molecule has 29 heavy (non-hydrogen) atoms. The number of halogens is 2. The molecule has 0 aliphatic carbocycles. The molecule has 3 amide bonds. The fourth-order valence-electron chi connectivity index (χ4n) is 3.53. The fraction of sp³-hybridized carbons (Fsp3) is 0.364. The predicted octanol–water partition coefficient (Wildman–Crippen LogP) is 4.43. The molecule has 0 spiro atoms. The minimum Gasteiger partial charge on any atom is -0.339 e.